The van der Waals surface area contributed by atoms with E-state index in [0.29, 0.717) is 37.4 Å². The molecule has 0 amide bonds. The number of hydrogen-bond donors (Lipinski definition) is 2. The van der Waals surface area contributed by atoms with Gasteiger partial charge in [0.25, 0.3) is 0 Å². The zero-order chi connectivity index (χ0) is 15.4. The van der Waals surface area contributed by atoms with Crippen LogP contribution in [0, 0.1) is 0 Å². The number of rotatable bonds is 3. The first-order valence-electron chi connectivity index (χ1n) is 5.89. The van der Waals surface area contributed by atoms with Crippen molar-refractivity contribution in [1.29, 1.82) is 0 Å². The van der Waals surface area contributed by atoms with E-state index in [4.69, 9.17) is 58.6 Å². The number of hydrogen-bond acceptors (Lipinski definition) is 1. The molecule has 2 rings (SSSR count). The Morgan fingerprint density at radius 3 is 2.19 bits per heavy atom. The Hall–Kier alpha value is -0.710. The molecule has 7 heteroatoms. The van der Waals surface area contributed by atoms with E-state index in [-0.39, 0.29) is 0 Å². The van der Waals surface area contributed by atoms with E-state index in [1.165, 1.54) is 0 Å². The smallest absolute Gasteiger partial charge is 0.171 e. The molecule has 0 spiro atoms. The average Bonchev–Trinajstić information content (AvgIpc) is 2.44. The summed E-state index contributed by atoms with van der Waals surface area (Å²) in [6.07, 6.45) is 0. The van der Waals surface area contributed by atoms with E-state index in [1.54, 1.807) is 12.1 Å². The van der Waals surface area contributed by atoms with Crippen molar-refractivity contribution in [2.75, 3.05) is 5.32 Å². The molecule has 0 saturated carbocycles. The first-order chi connectivity index (χ1) is 9.95. The fourth-order valence-electron chi connectivity index (χ4n) is 1.57. The van der Waals surface area contributed by atoms with Crippen molar-refractivity contribution in [3.63, 3.8) is 0 Å². The van der Waals surface area contributed by atoms with Gasteiger partial charge in [0.2, 0.25) is 0 Å². The Morgan fingerprint density at radius 1 is 0.905 bits per heavy atom. The van der Waals surface area contributed by atoms with E-state index >= 15 is 0 Å². The van der Waals surface area contributed by atoms with Crippen molar-refractivity contribution in [2.45, 2.75) is 6.54 Å². The normalized spacial score (nSPS) is 10.3. The maximum atomic E-state index is 6.07. The Morgan fingerprint density at radius 2 is 1.52 bits per heavy atom. The van der Waals surface area contributed by atoms with Gasteiger partial charge in [0.15, 0.2) is 5.11 Å². The lowest BCUT2D eigenvalue weighted by Crippen LogP contribution is -2.28. The van der Waals surface area contributed by atoms with Gasteiger partial charge in [0.1, 0.15) is 0 Å². The number of nitrogens with one attached hydrogen (secondary N) is 2. The van der Waals surface area contributed by atoms with Gasteiger partial charge >= 0.3 is 0 Å². The Bertz CT molecular complexity index is 659. The van der Waals surface area contributed by atoms with Gasteiger partial charge in [-0.15, -0.1) is 0 Å². The SMILES string of the molecule is S=C(NCc1ccc(Cl)cc1)Nc1cc(Cl)c(Cl)cc1Cl. The van der Waals surface area contributed by atoms with Crippen LogP contribution in [0.1, 0.15) is 5.56 Å². The van der Waals surface area contributed by atoms with Crippen LogP contribution in [0.25, 0.3) is 0 Å². The van der Waals surface area contributed by atoms with Crippen LogP contribution in [0.4, 0.5) is 5.69 Å². The lowest BCUT2D eigenvalue weighted by Gasteiger charge is -2.12. The molecule has 21 heavy (non-hydrogen) atoms. The fraction of sp³-hybridized carbons (Fsp3) is 0.0714. The van der Waals surface area contributed by atoms with Crippen molar-refractivity contribution in [2.24, 2.45) is 0 Å². The second-order valence-corrected chi connectivity index (χ2v) is 6.25. The van der Waals surface area contributed by atoms with Crippen LogP contribution in [0.2, 0.25) is 20.1 Å². The topological polar surface area (TPSA) is 24.1 Å². The molecule has 0 bridgehead atoms. The minimum atomic E-state index is 0.396. The first-order valence-corrected chi connectivity index (χ1v) is 7.81. The van der Waals surface area contributed by atoms with Gasteiger partial charge in [-0.25, -0.2) is 0 Å². The van der Waals surface area contributed by atoms with Gasteiger partial charge in [-0.3, -0.25) is 0 Å². The third-order valence-corrected chi connectivity index (χ3v) is 4.16. The molecular formula is C14H10Cl4N2S. The summed E-state index contributed by atoms with van der Waals surface area (Å²) in [4.78, 5) is 0. The predicted molar refractivity (Wildman–Crippen MR) is 96.0 cm³/mol. The maximum Gasteiger partial charge on any atom is 0.171 e. The molecule has 0 atom stereocenters. The van der Waals surface area contributed by atoms with Crippen molar-refractivity contribution >= 4 is 69.4 Å². The second-order valence-electron chi connectivity index (χ2n) is 4.18. The molecule has 0 fully saturated rings. The molecule has 2 nitrogen and oxygen atoms in total. The van der Waals surface area contributed by atoms with Crippen LogP contribution in [0.15, 0.2) is 36.4 Å². The molecule has 0 heterocycles. The van der Waals surface area contributed by atoms with Crippen molar-refractivity contribution < 1.29 is 0 Å². The number of thiocarbonyl (C=S) groups is 1. The first kappa shape index (κ1) is 16.7. The summed E-state index contributed by atoms with van der Waals surface area (Å²) in [5.74, 6) is 0. The summed E-state index contributed by atoms with van der Waals surface area (Å²) < 4.78 is 0. The molecule has 2 aromatic carbocycles. The van der Waals surface area contributed by atoms with Gasteiger partial charge < -0.3 is 10.6 Å². The molecule has 0 aliphatic rings. The zero-order valence-corrected chi connectivity index (χ0v) is 14.4. The summed E-state index contributed by atoms with van der Waals surface area (Å²) in [6, 6.07) is 10.7. The standard InChI is InChI=1S/C14H10Cl4N2S/c15-9-3-1-8(2-4-9)7-19-14(21)20-13-6-11(17)10(16)5-12(13)18/h1-6H,7H2,(H2,19,20,21). The quantitative estimate of drug-likeness (QED) is 0.521. The highest BCUT2D eigenvalue weighted by molar-refractivity contribution is 7.80. The Labute approximate surface area is 148 Å². The van der Waals surface area contributed by atoms with Gasteiger partial charge in [-0.05, 0) is 42.0 Å². The maximum absolute atomic E-state index is 6.07. The van der Waals surface area contributed by atoms with Crippen LogP contribution in [-0.2, 0) is 6.54 Å². The van der Waals surface area contributed by atoms with E-state index in [2.05, 4.69) is 10.6 Å². The van der Waals surface area contributed by atoms with E-state index < -0.39 is 0 Å². The Balaban J connectivity index is 1.96. The summed E-state index contributed by atoms with van der Waals surface area (Å²) in [5, 5.41) is 8.43. The summed E-state index contributed by atoms with van der Waals surface area (Å²) in [5.41, 5.74) is 1.66. The third kappa shape index (κ3) is 4.90. The number of benzene rings is 2. The molecule has 0 unspecified atom stereocenters. The summed E-state index contributed by atoms with van der Waals surface area (Å²) in [7, 11) is 0. The van der Waals surface area contributed by atoms with Gasteiger partial charge in [-0.2, -0.15) is 0 Å². The molecule has 0 saturated heterocycles. The summed E-state index contributed by atoms with van der Waals surface area (Å²) in [6.45, 7) is 0.571. The minimum Gasteiger partial charge on any atom is -0.358 e. The van der Waals surface area contributed by atoms with E-state index in [0.717, 1.165) is 5.56 Å². The zero-order valence-electron chi connectivity index (χ0n) is 10.6. The van der Waals surface area contributed by atoms with Crippen LogP contribution >= 0.6 is 58.6 Å². The van der Waals surface area contributed by atoms with Crippen LogP contribution in [0.3, 0.4) is 0 Å². The molecular weight excluding hydrogens is 370 g/mol. The monoisotopic (exact) mass is 378 g/mol. The Kier molecular flexibility index (Phi) is 5.97. The molecule has 110 valence electrons. The van der Waals surface area contributed by atoms with Gasteiger partial charge in [-0.1, -0.05) is 58.5 Å². The molecule has 2 aromatic rings. The molecule has 0 radical (unpaired) electrons. The third-order valence-electron chi connectivity index (χ3n) is 2.62. The van der Waals surface area contributed by atoms with Crippen LogP contribution < -0.4 is 10.6 Å². The minimum absolute atomic E-state index is 0.396. The highest BCUT2D eigenvalue weighted by atomic mass is 35.5. The largest absolute Gasteiger partial charge is 0.358 e. The number of halogens is 4. The van der Waals surface area contributed by atoms with Crippen LogP contribution in [-0.4, -0.2) is 5.11 Å². The molecule has 0 aliphatic carbocycles. The predicted octanol–water partition coefficient (Wildman–Crippen LogP) is 5.79. The molecule has 0 aromatic heterocycles. The van der Waals surface area contributed by atoms with Gasteiger partial charge in [0, 0.05) is 11.6 Å². The van der Waals surface area contributed by atoms with Crippen molar-refractivity contribution in [1.82, 2.24) is 5.32 Å². The lowest BCUT2D eigenvalue weighted by molar-refractivity contribution is 0.926. The average molecular weight is 380 g/mol. The van der Waals surface area contributed by atoms with Crippen molar-refractivity contribution in [3.8, 4) is 0 Å². The summed E-state index contributed by atoms with van der Waals surface area (Å²) >= 11 is 28.9. The molecule has 0 aliphatic heterocycles. The lowest BCUT2D eigenvalue weighted by atomic mass is 10.2. The second kappa shape index (κ2) is 7.52. The van der Waals surface area contributed by atoms with E-state index in [9.17, 15) is 0 Å². The fourth-order valence-corrected chi connectivity index (χ4v) is 2.47. The van der Waals surface area contributed by atoms with Gasteiger partial charge in [0.05, 0.1) is 20.8 Å². The van der Waals surface area contributed by atoms with Crippen LogP contribution in [0.5, 0.6) is 0 Å². The number of anilines is 1. The molecule has 2 N–H and O–H groups in total. The highest BCUT2D eigenvalue weighted by Crippen LogP contribution is 2.32. The van der Waals surface area contributed by atoms with Crippen molar-refractivity contribution in [3.05, 3.63) is 62.1 Å². The highest BCUT2D eigenvalue weighted by Gasteiger charge is 2.07. The van der Waals surface area contributed by atoms with E-state index in [1.807, 2.05) is 24.3 Å².